The smallest absolute Gasteiger partial charge is 0.744 e. The van der Waals surface area contributed by atoms with E-state index in [2.05, 4.69) is 76.3 Å². The van der Waals surface area contributed by atoms with Crippen molar-refractivity contribution in [2.75, 3.05) is 26.4 Å². The van der Waals surface area contributed by atoms with Crippen LogP contribution in [0.1, 0.15) is 557 Å². The summed E-state index contributed by atoms with van der Waals surface area (Å²) in [6, 6.07) is 6.33. The molecule has 0 aliphatic carbocycles. The summed E-state index contributed by atoms with van der Waals surface area (Å²) in [4.78, 5) is 50.8. The van der Waals surface area contributed by atoms with Gasteiger partial charge in [0.1, 0.15) is 20.2 Å². The van der Waals surface area contributed by atoms with Crippen LogP contribution in [0.5, 0.6) is 0 Å². The molecule has 0 aliphatic heterocycles. The van der Waals surface area contributed by atoms with E-state index in [1.54, 1.807) is 0 Å². The molecular formula is C108H186CaO14S2. The number of benzene rings is 2. The second-order valence-electron chi connectivity index (χ2n) is 35.7. The molecule has 0 saturated heterocycles. The van der Waals surface area contributed by atoms with E-state index >= 15 is 0 Å². The molecular weight excluding hydrogens is 1630 g/mol. The average Bonchev–Trinajstić information content (AvgIpc) is 0.812. The molecule has 0 heterocycles. The fourth-order valence-electron chi connectivity index (χ4n) is 16.0. The Bertz CT molecular complexity index is 2950. The Morgan fingerprint density at radius 1 is 0.216 bits per heavy atom. The summed E-state index contributed by atoms with van der Waals surface area (Å²) < 4.78 is 92.0. The van der Waals surface area contributed by atoms with Crippen molar-refractivity contribution in [2.45, 2.75) is 525 Å². The number of rotatable bonds is 90. The Kier molecular flexibility index (Phi) is 89.5. The maximum atomic E-state index is 13.0. The summed E-state index contributed by atoms with van der Waals surface area (Å²) in [5.41, 5.74) is -0.656. The summed E-state index contributed by atoms with van der Waals surface area (Å²) in [6.07, 6.45) is 113. The number of carbonyl (C=O) groups excluding carboxylic acids is 4. The van der Waals surface area contributed by atoms with Gasteiger partial charge in [-0.1, -0.05) is 462 Å². The molecule has 0 aliphatic rings. The first-order valence-electron chi connectivity index (χ1n) is 52.1. The number of ether oxygens (including phenoxy) is 4. The molecule has 0 fully saturated rings. The predicted molar refractivity (Wildman–Crippen MR) is 526 cm³/mol. The number of hydrogen-bond donors (Lipinski definition) is 0. The van der Waals surface area contributed by atoms with Gasteiger partial charge in [-0.25, -0.2) is 36.0 Å². The van der Waals surface area contributed by atoms with Crippen LogP contribution in [0.3, 0.4) is 0 Å². The molecule has 2 aromatic carbocycles. The molecule has 0 N–H and O–H groups in total. The summed E-state index contributed by atoms with van der Waals surface area (Å²) >= 11 is 0. The van der Waals surface area contributed by atoms with E-state index in [0.717, 1.165) is 88.5 Å². The Labute approximate surface area is 798 Å². The van der Waals surface area contributed by atoms with Crippen molar-refractivity contribution in [2.24, 2.45) is 0 Å². The van der Waals surface area contributed by atoms with Crippen LogP contribution in [-0.4, -0.2) is 114 Å². The Morgan fingerprint density at radius 3 is 0.504 bits per heavy atom. The molecule has 0 atom stereocenters. The second kappa shape index (κ2) is 92.2. The summed E-state index contributed by atoms with van der Waals surface area (Å²) in [5, 5.41) is 0. The summed E-state index contributed by atoms with van der Waals surface area (Å²) in [6.45, 7) is 9.65. The Morgan fingerprint density at radius 2 is 0.352 bits per heavy atom. The maximum Gasteiger partial charge on any atom is 2.00 e. The molecule has 716 valence electrons. The van der Waals surface area contributed by atoms with Crippen molar-refractivity contribution in [3.63, 3.8) is 0 Å². The minimum atomic E-state index is -4.82. The predicted octanol–water partition coefficient (Wildman–Crippen LogP) is 33.4. The molecule has 0 unspecified atom stereocenters. The molecule has 0 saturated carbocycles. The molecule has 0 radical (unpaired) electrons. The van der Waals surface area contributed by atoms with Gasteiger partial charge in [-0.2, -0.15) is 0 Å². The summed E-state index contributed by atoms with van der Waals surface area (Å²) in [5.74, 6) is -3.07. The first-order valence-corrected chi connectivity index (χ1v) is 54.9. The van der Waals surface area contributed by atoms with E-state index in [1.807, 2.05) is 0 Å². The van der Waals surface area contributed by atoms with Gasteiger partial charge < -0.3 is 28.1 Å². The van der Waals surface area contributed by atoms with E-state index in [1.165, 1.54) is 410 Å². The molecule has 2 aromatic rings. The third kappa shape index (κ3) is 78.7. The van der Waals surface area contributed by atoms with Crippen LogP contribution < -0.4 is 0 Å². The van der Waals surface area contributed by atoms with E-state index in [9.17, 15) is 45.1 Å². The van der Waals surface area contributed by atoms with Crippen LogP contribution in [0.2, 0.25) is 0 Å². The van der Waals surface area contributed by atoms with Crippen LogP contribution in [0.15, 0.2) is 94.8 Å². The first kappa shape index (κ1) is 121. The van der Waals surface area contributed by atoms with Crippen LogP contribution in [0.25, 0.3) is 0 Å². The van der Waals surface area contributed by atoms with Crippen molar-refractivity contribution in [1.82, 2.24) is 0 Å². The maximum absolute atomic E-state index is 13.0. The largest absolute Gasteiger partial charge is 2.00 e. The number of unbranched alkanes of at least 4 members (excludes halogenated alkanes) is 68. The molecule has 125 heavy (non-hydrogen) atoms. The normalized spacial score (nSPS) is 11.8. The summed E-state index contributed by atoms with van der Waals surface area (Å²) in [7, 11) is -9.64. The van der Waals surface area contributed by atoms with Crippen molar-refractivity contribution in [3.05, 3.63) is 107 Å². The Hall–Kier alpha value is -3.64. The molecule has 17 heteroatoms. The van der Waals surface area contributed by atoms with Gasteiger partial charge in [0.25, 0.3) is 0 Å². The Balaban J connectivity index is 0.00000244. The fourth-order valence-corrected chi connectivity index (χ4v) is 17.0. The number of carbonyl (C=O) groups is 4. The zero-order valence-corrected chi connectivity index (χ0v) is 84.7. The number of esters is 4. The van der Waals surface area contributed by atoms with Crippen LogP contribution in [-0.2, 0) is 39.2 Å². The van der Waals surface area contributed by atoms with Crippen molar-refractivity contribution in [1.29, 1.82) is 0 Å². The second-order valence-corrected chi connectivity index (χ2v) is 38.4. The van der Waals surface area contributed by atoms with Gasteiger partial charge in [0.05, 0.1) is 58.5 Å². The van der Waals surface area contributed by atoms with Gasteiger partial charge in [-0.3, -0.25) is 0 Å². The van der Waals surface area contributed by atoms with Crippen LogP contribution >= 0.6 is 0 Å². The van der Waals surface area contributed by atoms with E-state index in [-0.39, 0.29) is 86.4 Å². The van der Waals surface area contributed by atoms with Gasteiger partial charge >= 0.3 is 61.6 Å². The SMILES string of the molecule is CCC/C=C/CCCCCCCCCCCCCCCCCCOC(=O)c1ccc(S(=O)(=O)[O-])cc1C(=O)OCCCCCCCCCCCCCCCCCC/C=C/CCC.CCC/C=C/CCCCCCCCCCCCCCCCCCOC(=O)c1ccc(S(=O)(=O)[O-])cc1C(=O)OCCCCCCCCCCCCCCCCCC/C=C/CCC.[Ca+2]. The number of allylic oxidation sites excluding steroid dienone is 8. The van der Waals surface area contributed by atoms with Gasteiger partial charge in [0, 0.05) is 0 Å². The average molecular weight is 1810 g/mol. The molecule has 0 aromatic heterocycles. The van der Waals surface area contributed by atoms with Crippen LogP contribution in [0, 0.1) is 0 Å². The monoisotopic (exact) mass is 1810 g/mol. The number of hydrogen-bond acceptors (Lipinski definition) is 14. The van der Waals surface area contributed by atoms with Crippen molar-refractivity contribution < 1.29 is 64.1 Å². The van der Waals surface area contributed by atoms with Crippen LogP contribution in [0.4, 0.5) is 0 Å². The van der Waals surface area contributed by atoms with Crippen molar-refractivity contribution >= 4 is 81.9 Å². The molecule has 2 rings (SSSR count). The van der Waals surface area contributed by atoms with E-state index in [4.69, 9.17) is 18.9 Å². The topological polar surface area (TPSA) is 220 Å². The third-order valence-electron chi connectivity index (χ3n) is 23.9. The standard InChI is InChI=1S/2C54H94O7S.Ca/c2*1-3-5-7-9-11-13-15-17-19-21-23-25-27-29-31-33-35-37-39-41-43-47-60-53(55)51-46-45-50(62(57,58)59)49-52(51)54(56)61-48-44-42-40-38-36-34-32-30-28-26-24-22-20-18-16-14-12-10-8-6-4-2;/h2*7-10,45-46,49H,3-6,11-44,47-48H2,1-2H3,(H,57,58,59);/q;;+2/p-2/b2*9-7+,10-8+;. The zero-order chi connectivity index (χ0) is 90.1. The molecule has 14 nitrogen and oxygen atoms in total. The van der Waals surface area contributed by atoms with Crippen molar-refractivity contribution in [3.8, 4) is 0 Å². The quantitative estimate of drug-likeness (QED) is 0.0150. The van der Waals surface area contributed by atoms with Gasteiger partial charge in [-0.05, 0) is 139 Å². The molecule has 0 bridgehead atoms. The van der Waals surface area contributed by atoms with Gasteiger partial charge in [0.2, 0.25) is 0 Å². The third-order valence-corrected chi connectivity index (χ3v) is 25.6. The minimum Gasteiger partial charge on any atom is -0.744 e. The molecule has 0 spiro atoms. The van der Waals surface area contributed by atoms with E-state index in [0.29, 0.717) is 25.7 Å². The molecule has 0 amide bonds. The van der Waals surface area contributed by atoms with Gasteiger partial charge in [-0.15, -0.1) is 0 Å². The fraction of sp³-hybridized carbons (Fsp3) is 0.778. The zero-order valence-electron chi connectivity index (χ0n) is 80.9. The van der Waals surface area contributed by atoms with E-state index < -0.39 is 53.9 Å². The minimum absolute atomic E-state index is 0. The first-order chi connectivity index (χ1) is 60.6. The van der Waals surface area contributed by atoms with Gasteiger partial charge in [0.15, 0.2) is 0 Å².